The summed E-state index contributed by atoms with van der Waals surface area (Å²) in [6.07, 6.45) is 5.18. The van der Waals surface area contributed by atoms with Crippen LogP contribution in [0.15, 0.2) is 58.5 Å². The maximum Gasteiger partial charge on any atom is 0.336 e. The molecule has 3 aromatic heterocycles. The van der Waals surface area contributed by atoms with E-state index in [1.165, 1.54) is 11.3 Å². The Morgan fingerprint density at radius 2 is 1.92 bits per heavy atom. The van der Waals surface area contributed by atoms with Gasteiger partial charge in [-0.2, -0.15) is 0 Å². The van der Waals surface area contributed by atoms with Crippen molar-refractivity contribution in [3.63, 3.8) is 0 Å². The zero-order valence-corrected chi connectivity index (χ0v) is 13.7. The van der Waals surface area contributed by atoms with Gasteiger partial charge in [0.2, 0.25) is 0 Å². The molecule has 0 fully saturated rings. The molecule has 1 N–H and O–H groups in total. The number of aromatic nitrogens is 2. The molecule has 0 saturated heterocycles. The second-order valence-electron chi connectivity index (χ2n) is 5.31. The minimum absolute atomic E-state index is 0.236. The number of carboxylic acid groups (broad SMARTS) is 1. The van der Waals surface area contributed by atoms with E-state index in [0.29, 0.717) is 16.6 Å². The molecule has 0 bridgehead atoms. The highest BCUT2D eigenvalue weighted by molar-refractivity contribution is 7.13. The van der Waals surface area contributed by atoms with Crippen molar-refractivity contribution in [1.29, 1.82) is 0 Å². The van der Waals surface area contributed by atoms with Crippen LogP contribution >= 0.6 is 11.3 Å². The fourth-order valence-electron chi connectivity index (χ4n) is 2.51. The van der Waals surface area contributed by atoms with E-state index >= 15 is 0 Å². The summed E-state index contributed by atoms with van der Waals surface area (Å²) < 4.78 is 5.33. The second-order valence-corrected chi connectivity index (χ2v) is 6.16. The predicted molar refractivity (Wildman–Crippen MR) is 97.4 cm³/mol. The molecule has 0 radical (unpaired) electrons. The molecule has 0 atom stereocenters. The van der Waals surface area contributed by atoms with E-state index < -0.39 is 5.97 Å². The third-order valence-corrected chi connectivity index (χ3v) is 4.52. The largest absolute Gasteiger partial charge is 0.478 e. The van der Waals surface area contributed by atoms with Gasteiger partial charge in [0.05, 0.1) is 28.7 Å². The Balaban J connectivity index is 1.68. The third-order valence-electron chi connectivity index (χ3n) is 3.65. The minimum atomic E-state index is -0.970. The van der Waals surface area contributed by atoms with E-state index in [-0.39, 0.29) is 5.56 Å². The van der Waals surface area contributed by atoms with Gasteiger partial charge in [0.1, 0.15) is 0 Å². The first-order valence-electron chi connectivity index (χ1n) is 7.51. The molecule has 4 aromatic rings. The Labute approximate surface area is 146 Å². The van der Waals surface area contributed by atoms with Crippen molar-refractivity contribution in [1.82, 2.24) is 9.97 Å². The molecule has 5 nitrogen and oxygen atoms in total. The summed E-state index contributed by atoms with van der Waals surface area (Å²) in [6.45, 7) is 0. The number of para-hydroxylation sites is 1. The molecule has 122 valence electrons. The highest BCUT2D eigenvalue weighted by Gasteiger charge is 2.10. The lowest BCUT2D eigenvalue weighted by Crippen LogP contribution is -2.00. The summed E-state index contributed by atoms with van der Waals surface area (Å²) >= 11 is 1.48. The van der Waals surface area contributed by atoms with Gasteiger partial charge < -0.3 is 9.52 Å². The molecule has 1 aromatic carbocycles. The number of hydrogen-bond acceptors (Lipinski definition) is 5. The number of carboxylic acids is 1. The Kier molecular flexibility index (Phi) is 3.87. The van der Waals surface area contributed by atoms with Crippen LogP contribution in [-0.2, 0) is 0 Å². The number of carbonyl (C=O) groups is 1. The highest BCUT2D eigenvalue weighted by Crippen LogP contribution is 2.25. The quantitative estimate of drug-likeness (QED) is 0.572. The number of benzene rings is 1. The van der Waals surface area contributed by atoms with Gasteiger partial charge in [0, 0.05) is 10.8 Å². The van der Waals surface area contributed by atoms with Crippen LogP contribution in [0.5, 0.6) is 0 Å². The van der Waals surface area contributed by atoms with E-state index in [1.54, 1.807) is 36.6 Å². The molecule has 4 rings (SSSR count). The molecule has 0 aliphatic heterocycles. The van der Waals surface area contributed by atoms with Crippen LogP contribution in [0.1, 0.15) is 21.7 Å². The van der Waals surface area contributed by atoms with Crippen molar-refractivity contribution in [2.75, 3.05) is 0 Å². The topological polar surface area (TPSA) is 76.2 Å². The molecule has 0 unspecified atom stereocenters. The molecule has 0 saturated carbocycles. The van der Waals surface area contributed by atoms with Gasteiger partial charge in [-0.1, -0.05) is 18.2 Å². The second kappa shape index (κ2) is 6.33. The fraction of sp³-hybridized carbons (Fsp3) is 0. The Morgan fingerprint density at radius 1 is 1.08 bits per heavy atom. The van der Waals surface area contributed by atoms with Gasteiger partial charge in [-0.15, -0.1) is 11.3 Å². The van der Waals surface area contributed by atoms with E-state index in [9.17, 15) is 9.90 Å². The number of thiazole rings is 1. The van der Waals surface area contributed by atoms with Crippen molar-refractivity contribution < 1.29 is 14.3 Å². The van der Waals surface area contributed by atoms with Crippen molar-refractivity contribution in [2.45, 2.75) is 0 Å². The van der Waals surface area contributed by atoms with E-state index in [4.69, 9.17) is 4.42 Å². The Bertz CT molecular complexity index is 1080. The molecular weight excluding hydrogens is 336 g/mol. The van der Waals surface area contributed by atoms with Crippen LogP contribution < -0.4 is 0 Å². The van der Waals surface area contributed by atoms with Gasteiger partial charge >= 0.3 is 5.97 Å². The first-order valence-corrected chi connectivity index (χ1v) is 8.39. The number of furan rings is 1. The number of nitrogens with zero attached hydrogens (tertiary/aromatic N) is 2. The standard InChI is InChI=1S/C19H12N2O3S/c22-19(23)15-10-12(20-16-5-2-1-4-14(15)16)7-8-13-11-25-18(21-13)17-6-3-9-24-17/h1-11H,(H,22,23). The maximum absolute atomic E-state index is 11.5. The lowest BCUT2D eigenvalue weighted by molar-refractivity contribution is 0.0699. The number of hydrogen-bond donors (Lipinski definition) is 1. The molecular formula is C19H12N2O3S. The van der Waals surface area contributed by atoms with Gasteiger partial charge in [0.25, 0.3) is 0 Å². The summed E-state index contributed by atoms with van der Waals surface area (Å²) in [5, 5.41) is 12.8. The van der Waals surface area contributed by atoms with Crippen LogP contribution in [0, 0.1) is 0 Å². The average molecular weight is 348 g/mol. The first-order chi connectivity index (χ1) is 12.2. The first kappa shape index (κ1) is 15.3. The predicted octanol–water partition coefficient (Wildman–Crippen LogP) is 4.82. The van der Waals surface area contributed by atoms with Crippen molar-refractivity contribution in [3.05, 3.63) is 71.1 Å². The van der Waals surface area contributed by atoms with E-state index in [2.05, 4.69) is 9.97 Å². The summed E-state index contributed by atoms with van der Waals surface area (Å²) in [5.74, 6) is -0.247. The third kappa shape index (κ3) is 3.07. The molecule has 0 aliphatic carbocycles. The summed E-state index contributed by atoms with van der Waals surface area (Å²) in [6, 6.07) is 12.4. The van der Waals surface area contributed by atoms with Gasteiger partial charge in [0.15, 0.2) is 10.8 Å². The summed E-state index contributed by atoms with van der Waals surface area (Å²) in [4.78, 5) is 20.5. The molecule has 3 heterocycles. The minimum Gasteiger partial charge on any atom is -0.478 e. The number of rotatable bonds is 4. The molecule has 25 heavy (non-hydrogen) atoms. The van der Waals surface area contributed by atoms with Crippen molar-refractivity contribution in [2.24, 2.45) is 0 Å². The Morgan fingerprint density at radius 3 is 2.72 bits per heavy atom. The SMILES string of the molecule is O=C(O)c1cc(C=Cc2csc(-c3ccco3)n2)nc2ccccc12. The summed E-state index contributed by atoms with van der Waals surface area (Å²) in [5.41, 5.74) is 2.23. The van der Waals surface area contributed by atoms with Crippen LogP contribution in [0.4, 0.5) is 0 Å². The lowest BCUT2D eigenvalue weighted by atomic mass is 10.1. The molecule has 0 aliphatic rings. The number of pyridine rings is 1. The fourth-order valence-corrected chi connectivity index (χ4v) is 3.26. The van der Waals surface area contributed by atoms with Crippen LogP contribution in [0.25, 0.3) is 33.8 Å². The average Bonchev–Trinajstić information content (AvgIpc) is 3.30. The van der Waals surface area contributed by atoms with Crippen LogP contribution in [0.3, 0.4) is 0 Å². The highest BCUT2D eigenvalue weighted by atomic mass is 32.1. The maximum atomic E-state index is 11.5. The Hall–Kier alpha value is -3.25. The molecule has 0 amide bonds. The summed E-state index contributed by atoms with van der Waals surface area (Å²) in [7, 11) is 0. The molecule has 6 heteroatoms. The van der Waals surface area contributed by atoms with Gasteiger partial charge in [-0.3, -0.25) is 0 Å². The van der Waals surface area contributed by atoms with Gasteiger partial charge in [-0.25, -0.2) is 14.8 Å². The van der Waals surface area contributed by atoms with Crippen molar-refractivity contribution in [3.8, 4) is 10.8 Å². The van der Waals surface area contributed by atoms with Crippen molar-refractivity contribution >= 4 is 40.4 Å². The zero-order valence-electron chi connectivity index (χ0n) is 12.9. The zero-order chi connectivity index (χ0) is 17.2. The number of aromatic carboxylic acids is 1. The normalized spacial score (nSPS) is 11.4. The van der Waals surface area contributed by atoms with E-state index in [1.807, 2.05) is 29.7 Å². The monoisotopic (exact) mass is 348 g/mol. The van der Waals surface area contributed by atoms with Gasteiger partial charge in [-0.05, 0) is 36.4 Å². The smallest absolute Gasteiger partial charge is 0.336 e. The lowest BCUT2D eigenvalue weighted by Gasteiger charge is -2.03. The van der Waals surface area contributed by atoms with Crippen LogP contribution in [-0.4, -0.2) is 21.0 Å². The van der Waals surface area contributed by atoms with Crippen LogP contribution in [0.2, 0.25) is 0 Å². The number of fused-ring (bicyclic) bond motifs is 1. The molecule has 0 spiro atoms. The van der Waals surface area contributed by atoms with E-state index in [0.717, 1.165) is 16.5 Å².